The minimum atomic E-state index is -1.17. The molecule has 0 amide bonds. The predicted molar refractivity (Wildman–Crippen MR) is 79.5 cm³/mol. The van der Waals surface area contributed by atoms with Gasteiger partial charge < -0.3 is 19.7 Å². The zero-order chi connectivity index (χ0) is 15.1. The molecule has 1 aliphatic heterocycles. The Morgan fingerprint density at radius 3 is 2.20 bits per heavy atom. The Hall–Kier alpha value is -0.160. The molecule has 2 N–H and O–H groups in total. The highest BCUT2D eigenvalue weighted by molar-refractivity contribution is 4.91. The van der Waals surface area contributed by atoms with Gasteiger partial charge in [0.25, 0.3) is 0 Å². The number of ether oxygens (including phenoxy) is 2. The highest BCUT2D eigenvalue weighted by Crippen LogP contribution is 2.32. The van der Waals surface area contributed by atoms with Gasteiger partial charge in [-0.25, -0.2) is 0 Å². The van der Waals surface area contributed by atoms with Crippen molar-refractivity contribution in [3.05, 3.63) is 0 Å². The molecule has 20 heavy (non-hydrogen) atoms. The minimum absolute atomic E-state index is 0.271. The molecule has 0 bridgehead atoms. The van der Waals surface area contributed by atoms with E-state index in [1.54, 1.807) is 0 Å². The molecule has 4 nitrogen and oxygen atoms in total. The molecule has 1 heterocycles. The van der Waals surface area contributed by atoms with Gasteiger partial charge >= 0.3 is 0 Å². The minimum Gasteiger partial charge on any atom is -0.393 e. The van der Waals surface area contributed by atoms with E-state index < -0.39 is 17.5 Å². The van der Waals surface area contributed by atoms with Crippen molar-refractivity contribution in [2.24, 2.45) is 0 Å². The fraction of sp³-hybridized carbons (Fsp3) is 1.00. The van der Waals surface area contributed by atoms with Gasteiger partial charge in [-0.2, -0.15) is 0 Å². The number of hydrogen-bond acceptors (Lipinski definition) is 4. The van der Waals surface area contributed by atoms with E-state index in [9.17, 15) is 10.2 Å². The molecule has 0 radical (unpaired) electrons. The molecule has 0 spiro atoms. The summed E-state index contributed by atoms with van der Waals surface area (Å²) < 4.78 is 11.2. The summed E-state index contributed by atoms with van der Waals surface area (Å²) in [6.45, 7) is 5.96. The molecule has 1 fully saturated rings. The normalized spacial score (nSPS) is 24.8. The largest absolute Gasteiger partial charge is 0.393 e. The molecule has 0 aromatic rings. The third kappa shape index (κ3) is 5.68. The second-order valence-electron chi connectivity index (χ2n) is 6.45. The van der Waals surface area contributed by atoms with Crippen LogP contribution in [-0.2, 0) is 9.47 Å². The molecule has 4 heteroatoms. The molecule has 1 aliphatic rings. The maximum absolute atomic E-state index is 10.5. The Balaban J connectivity index is 2.24. The van der Waals surface area contributed by atoms with Gasteiger partial charge in [0.2, 0.25) is 0 Å². The van der Waals surface area contributed by atoms with Gasteiger partial charge in [0, 0.05) is 0 Å². The summed E-state index contributed by atoms with van der Waals surface area (Å²) in [5.41, 5.74) is -1.17. The summed E-state index contributed by atoms with van der Waals surface area (Å²) >= 11 is 0. The topological polar surface area (TPSA) is 58.9 Å². The van der Waals surface area contributed by atoms with Crippen molar-refractivity contribution < 1.29 is 19.7 Å². The summed E-state index contributed by atoms with van der Waals surface area (Å²) in [5, 5.41) is 20.0. The maximum Gasteiger partial charge on any atom is 0.163 e. The summed E-state index contributed by atoms with van der Waals surface area (Å²) in [7, 11) is 0. The summed E-state index contributed by atoms with van der Waals surface area (Å²) in [5.74, 6) is -0.659. The van der Waals surface area contributed by atoms with Crippen LogP contribution in [0, 0.1) is 0 Å². The summed E-state index contributed by atoms with van der Waals surface area (Å²) in [4.78, 5) is 0. The van der Waals surface area contributed by atoms with E-state index in [2.05, 4.69) is 6.92 Å². The molecule has 0 saturated carbocycles. The highest BCUT2D eigenvalue weighted by Gasteiger charge is 2.45. The Bertz CT molecular complexity index is 267. The summed E-state index contributed by atoms with van der Waals surface area (Å²) in [6, 6.07) is 0. The molecule has 120 valence electrons. The molecule has 0 aromatic carbocycles. The smallest absolute Gasteiger partial charge is 0.163 e. The number of rotatable bonds is 10. The lowest BCUT2D eigenvalue weighted by atomic mass is 9.91. The maximum atomic E-state index is 10.5. The van der Waals surface area contributed by atoms with Crippen LogP contribution in [0.25, 0.3) is 0 Å². The molecular weight excluding hydrogens is 256 g/mol. The lowest BCUT2D eigenvalue weighted by Gasteiger charge is -2.31. The molecule has 0 aromatic heterocycles. The molecule has 1 saturated heterocycles. The molecule has 0 aliphatic carbocycles. The first-order chi connectivity index (χ1) is 9.43. The van der Waals surface area contributed by atoms with Gasteiger partial charge in [0.05, 0.1) is 13.2 Å². The van der Waals surface area contributed by atoms with Crippen LogP contribution < -0.4 is 0 Å². The number of aliphatic hydroxyl groups is 2. The van der Waals surface area contributed by atoms with E-state index in [1.165, 1.54) is 32.1 Å². The first kappa shape index (κ1) is 17.9. The second-order valence-corrected chi connectivity index (χ2v) is 6.45. The van der Waals surface area contributed by atoms with E-state index >= 15 is 0 Å². The zero-order valence-corrected chi connectivity index (χ0v) is 13.4. The fourth-order valence-electron chi connectivity index (χ4n) is 2.68. The van der Waals surface area contributed by atoms with Crippen LogP contribution >= 0.6 is 0 Å². The van der Waals surface area contributed by atoms with Crippen molar-refractivity contribution in [3.8, 4) is 0 Å². The standard InChI is InChI=1S/C16H32O4/c1-4-5-6-7-8-9-10-11-16(18,13-17)14-12-19-15(2,3)20-14/h14,17-18H,4-13H2,1-3H3/t14-,16+/m0/s1. The average molecular weight is 288 g/mol. The van der Waals surface area contributed by atoms with E-state index in [4.69, 9.17) is 9.47 Å². The lowest BCUT2D eigenvalue weighted by molar-refractivity contribution is -0.179. The average Bonchev–Trinajstić information content (AvgIpc) is 2.78. The first-order valence-electron chi connectivity index (χ1n) is 8.08. The van der Waals surface area contributed by atoms with Crippen molar-refractivity contribution in [3.63, 3.8) is 0 Å². The molecule has 2 atom stereocenters. The van der Waals surface area contributed by atoms with Gasteiger partial charge in [-0.3, -0.25) is 0 Å². The second kappa shape index (κ2) is 8.32. The number of hydrogen-bond donors (Lipinski definition) is 2. The third-order valence-corrected chi connectivity index (χ3v) is 4.09. The van der Waals surface area contributed by atoms with Gasteiger partial charge in [-0.1, -0.05) is 51.9 Å². The third-order valence-electron chi connectivity index (χ3n) is 4.09. The number of unbranched alkanes of at least 4 members (excludes halogenated alkanes) is 6. The van der Waals surface area contributed by atoms with Crippen molar-refractivity contribution in [2.45, 2.75) is 89.6 Å². The van der Waals surface area contributed by atoms with Crippen LogP contribution in [0.15, 0.2) is 0 Å². The Morgan fingerprint density at radius 2 is 1.70 bits per heavy atom. The quantitative estimate of drug-likeness (QED) is 0.607. The highest BCUT2D eigenvalue weighted by atomic mass is 16.7. The first-order valence-corrected chi connectivity index (χ1v) is 8.08. The predicted octanol–water partition coefficient (Wildman–Crippen LogP) is 3.00. The van der Waals surface area contributed by atoms with Gasteiger partial charge in [0.1, 0.15) is 11.7 Å². The Labute approximate surface area is 123 Å². The monoisotopic (exact) mass is 288 g/mol. The molecule has 0 unspecified atom stereocenters. The lowest BCUT2D eigenvalue weighted by Crippen LogP contribution is -2.47. The van der Waals surface area contributed by atoms with Crippen molar-refractivity contribution in [1.29, 1.82) is 0 Å². The van der Waals surface area contributed by atoms with Crippen molar-refractivity contribution >= 4 is 0 Å². The SMILES string of the molecule is CCCCCCCCC[C@@](O)(CO)[C@@H]1COC(C)(C)O1. The molecule has 1 rings (SSSR count). The van der Waals surface area contributed by atoms with E-state index in [1.807, 2.05) is 13.8 Å². The van der Waals surface area contributed by atoms with Crippen LogP contribution in [-0.4, -0.2) is 40.9 Å². The van der Waals surface area contributed by atoms with Crippen LogP contribution in [0.3, 0.4) is 0 Å². The van der Waals surface area contributed by atoms with Crippen LogP contribution in [0.1, 0.15) is 72.1 Å². The van der Waals surface area contributed by atoms with Crippen LogP contribution in [0.2, 0.25) is 0 Å². The zero-order valence-electron chi connectivity index (χ0n) is 13.4. The van der Waals surface area contributed by atoms with E-state index in [-0.39, 0.29) is 6.61 Å². The summed E-state index contributed by atoms with van der Waals surface area (Å²) in [6.07, 6.45) is 8.50. The fourth-order valence-corrected chi connectivity index (χ4v) is 2.68. The molecular formula is C16H32O4. The van der Waals surface area contributed by atoms with Gasteiger partial charge in [-0.15, -0.1) is 0 Å². The van der Waals surface area contributed by atoms with Crippen molar-refractivity contribution in [2.75, 3.05) is 13.2 Å². The Kier molecular flexibility index (Phi) is 7.45. The van der Waals surface area contributed by atoms with Crippen molar-refractivity contribution in [1.82, 2.24) is 0 Å². The van der Waals surface area contributed by atoms with Gasteiger partial charge in [-0.05, 0) is 20.3 Å². The number of aliphatic hydroxyl groups excluding tert-OH is 1. The van der Waals surface area contributed by atoms with Gasteiger partial charge in [0.15, 0.2) is 5.79 Å². The van der Waals surface area contributed by atoms with E-state index in [0.29, 0.717) is 13.0 Å². The van der Waals surface area contributed by atoms with Crippen LogP contribution in [0.5, 0.6) is 0 Å². The van der Waals surface area contributed by atoms with Crippen LogP contribution in [0.4, 0.5) is 0 Å². The Morgan fingerprint density at radius 1 is 1.10 bits per heavy atom. The van der Waals surface area contributed by atoms with E-state index in [0.717, 1.165) is 12.8 Å².